The third-order valence-electron chi connectivity index (χ3n) is 4.62. The van der Waals surface area contributed by atoms with Gasteiger partial charge in [-0.05, 0) is 41.0 Å². The number of Topliss-reactive ketones (excluding diaryl/α,β-unsaturated/α-hetero) is 1. The molecule has 2 aromatic rings. The lowest BCUT2D eigenvalue weighted by Crippen LogP contribution is -2.10. The zero-order chi connectivity index (χ0) is 16.6. The van der Waals surface area contributed by atoms with E-state index in [0.717, 1.165) is 17.6 Å². The molecule has 1 heteroatoms. The van der Waals surface area contributed by atoms with Crippen LogP contribution in [-0.4, -0.2) is 5.78 Å². The van der Waals surface area contributed by atoms with Gasteiger partial charge in [-0.25, -0.2) is 0 Å². The highest BCUT2D eigenvalue weighted by Crippen LogP contribution is 2.38. The van der Waals surface area contributed by atoms with Crippen LogP contribution in [0.15, 0.2) is 48.5 Å². The van der Waals surface area contributed by atoms with E-state index in [1.807, 2.05) is 0 Å². The molecule has 0 unspecified atom stereocenters. The molecule has 0 N–H and O–H groups in total. The van der Waals surface area contributed by atoms with Gasteiger partial charge in [-0.15, -0.1) is 0 Å². The Labute approximate surface area is 139 Å². The first-order valence-corrected chi connectivity index (χ1v) is 8.30. The van der Waals surface area contributed by atoms with E-state index in [4.69, 9.17) is 0 Å². The first-order chi connectivity index (χ1) is 10.9. The Morgan fingerprint density at radius 2 is 1.35 bits per heavy atom. The fraction of sp³-hybridized carbons (Fsp3) is 0.318. The summed E-state index contributed by atoms with van der Waals surface area (Å²) in [6.45, 7) is 8.71. The van der Waals surface area contributed by atoms with E-state index in [9.17, 15) is 4.79 Å². The monoisotopic (exact) mass is 304 g/mol. The van der Waals surface area contributed by atoms with Crippen molar-refractivity contribution in [2.45, 2.75) is 46.0 Å². The maximum absolute atomic E-state index is 12.4. The number of ketones is 1. The molecule has 0 amide bonds. The molecule has 0 heterocycles. The van der Waals surface area contributed by atoms with E-state index in [-0.39, 0.29) is 11.2 Å². The molecule has 0 aromatic heterocycles. The zero-order valence-corrected chi connectivity index (χ0v) is 14.4. The average Bonchev–Trinajstić information content (AvgIpc) is 2.89. The highest BCUT2D eigenvalue weighted by molar-refractivity contribution is 6.31. The van der Waals surface area contributed by atoms with Crippen molar-refractivity contribution in [1.29, 1.82) is 0 Å². The first-order valence-electron chi connectivity index (χ1n) is 8.30. The summed E-state index contributed by atoms with van der Waals surface area (Å²) in [5.74, 6) is 0.268. The van der Waals surface area contributed by atoms with Crippen LogP contribution in [0.1, 0.15) is 55.9 Å². The Hall–Kier alpha value is -2.15. The van der Waals surface area contributed by atoms with Crippen molar-refractivity contribution in [3.05, 3.63) is 70.8 Å². The molecule has 1 nitrogen and oxygen atoms in total. The van der Waals surface area contributed by atoms with Crippen molar-refractivity contribution in [1.82, 2.24) is 0 Å². The molecule has 0 aliphatic heterocycles. The summed E-state index contributed by atoms with van der Waals surface area (Å²) < 4.78 is 0. The third kappa shape index (κ3) is 3.14. The highest BCUT2D eigenvalue weighted by atomic mass is 16.1. The van der Waals surface area contributed by atoms with Gasteiger partial charge in [0, 0.05) is 12.0 Å². The molecule has 0 spiro atoms. The number of hydrogen-bond acceptors (Lipinski definition) is 1. The van der Waals surface area contributed by atoms with Crippen LogP contribution >= 0.6 is 0 Å². The Morgan fingerprint density at radius 1 is 0.783 bits per heavy atom. The molecular formula is C22H24O. The summed E-state index contributed by atoms with van der Waals surface area (Å²) in [4.78, 5) is 12.4. The van der Waals surface area contributed by atoms with Gasteiger partial charge in [-0.2, -0.15) is 0 Å². The summed E-state index contributed by atoms with van der Waals surface area (Å²) in [5.41, 5.74) is 7.01. The van der Waals surface area contributed by atoms with Gasteiger partial charge in [0.2, 0.25) is 0 Å². The van der Waals surface area contributed by atoms with E-state index in [1.165, 1.54) is 22.3 Å². The number of hydrogen-bond donors (Lipinski definition) is 0. The Kier molecular flexibility index (Phi) is 3.97. The molecule has 0 fully saturated rings. The van der Waals surface area contributed by atoms with Crippen LogP contribution in [0.2, 0.25) is 0 Å². The van der Waals surface area contributed by atoms with Gasteiger partial charge in [-0.3, -0.25) is 4.79 Å². The molecule has 0 radical (unpaired) electrons. The maximum Gasteiger partial charge on any atom is 0.164 e. The Morgan fingerprint density at radius 3 is 1.91 bits per heavy atom. The largest absolute Gasteiger partial charge is 0.294 e. The SMILES string of the molecule is Cc1ccc(C2=C(c3ccc(C(C)(C)C)cc3)C(=O)CC2)cc1. The third-order valence-corrected chi connectivity index (χ3v) is 4.62. The van der Waals surface area contributed by atoms with Crippen molar-refractivity contribution in [2.75, 3.05) is 0 Å². The van der Waals surface area contributed by atoms with Crippen LogP contribution < -0.4 is 0 Å². The minimum atomic E-state index is 0.131. The molecule has 118 valence electrons. The number of rotatable bonds is 2. The van der Waals surface area contributed by atoms with Crippen LogP contribution in [0.5, 0.6) is 0 Å². The minimum absolute atomic E-state index is 0.131. The number of benzene rings is 2. The second-order valence-corrected chi connectivity index (χ2v) is 7.47. The van der Waals surface area contributed by atoms with Gasteiger partial charge in [0.25, 0.3) is 0 Å². The molecular weight excluding hydrogens is 280 g/mol. The van der Waals surface area contributed by atoms with Crippen LogP contribution in [0, 0.1) is 6.92 Å². The van der Waals surface area contributed by atoms with Crippen molar-refractivity contribution >= 4 is 16.9 Å². The number of allylic oxidation sites excluding steroid dienone is 2. The fourth-order valence-corrected chi connectivity index (χ4v) is 3.17. The molecule has 2 aromatic carbocycles. The molecule has 0 saturated carbocycles. The van der Waals surface area contributed by atoms with Crippen molar-refractivity contribution in [3.63, 3.8) is 0 Å². The topological polar surface area (TPSA) is 17.1 Å². The summed E-state index contributed by atoms with van der Waals surface area (Å²) in [7, 11) is 0. The lowest BCUT2D eigenvalue weighted by atomic mass is 9.85. The Bertz CT molecular complexity index is 753. The highest BCUT2D eigenvalue weighted by Gasteiger charge is 2.25. The van der Waals surface area contributed by atoms with E-state index in [1.54, 1.807) is 0 Å². The summed E-state index contributed by atoms with van der Waals surface area (Å²) in [6, 6.07) is 17.0. The number of carbonyl (C=O) groups is 1. The zero-order valence-electron chi connectivity index (χ0n) is 14.4. The summed E-state index contributed by atoms with van der Waals surface area (Å²) in [6.07, 6.45) is 1.47. The van der Waals surface area contributed by atoms with Crippen molar-refractivity contribution in [2.24, 2.45) is 0 Å². The molecule has 23 heavy (non-hydrogen) atoms. The minimum Gasteiger partial charge on any atom is -0.294 e. The van der Waals surface area contributed by atoms with Crippen LogP contribution in [-0.2, 0) is 10.2 Å². The standard InChI is InChI=1S/C22H24O/c1-15-5-7-16(8-6-15)19-13-14-20(23)21(19)17-9-11-18(12-10-17)22(2,3)4/h5-12H,13-14H2,1-4H3. The van der Waals surface area contributed by atoms with Gasteiger partial charge in [-0.1, -0.05) is 74.9 Å². The predicted octanol–water partition coefficient (Wildman–Crippen LogP) is 5.57. The molecule has 0 bridgehead atoms. The Balaban J connectivity index is 2.05. The molecule has 1 aliphatic rings. The average molecular weight is 304 g/mol. The second kappa shape index (κ2) is 5.81. The van der Waals surface area contributed by atoms with Gasteiger partial charge in [0.15, 0.2) is 5.78 Å². The number of aryl methyl sites for hydroxylation is 1. The van der Waals surface area contributed by atoms with E-state index >= 15 is 0 Å². The van der Waals surface area contributed by atoms with Gasteiger partial charge in [0.05, 0.1) is 0 Å². The normalized spacial score (nSPS) is 15.4. The molecule has 0 atom stereocenters. The second-order valence-electron chi connectivity index (χ2n) is 7.47. The molecule has 0 saturated heterocycles. The summed E-state index contributed by atoms with van der Waals surface area (Å²) in [5, 5.41) is 0. The van der Waals surface area contributed by atoms with Gasteiger partial charge < -0.3 is 0 Å². The van der Waals surface area contributed by atoms with E-state index in [0.29, 0.717) is 6.42 Å². The fourth-order valence-electron chi connectivity index (χ4n) is 3.17. The van der Waals surface area contributed by atoms with E-state index in [2.05, 4.69) is 76.2 Å². The lowest BCUT2D eigenvalue weighted by Gasteiger charge is -2.19. The molecule has 3 rings (SSSR count). The smallest absolute Gasteiger partial charge is 0.164 e. The van der Waals surface area contributed by atoms with Crippen molar-refractivity contribution < 1.29 is 4.79 Å². The summed E-state index contributed by atoms with van der Waals surface area (Å²) >= 11 is 0. The lowest BCUT2D eigenvalue weighted by molar-refractivity contribution is -0.113. The van der Waals surface area contributed by atoms with Gasteiger partial charge >= 0.3 is 0 Å². The van der Waals surface area contributed by atoms with Crippen LogP contribution in [0.4, 0.5) is 0 Å². The van der Waals surface area contributed by atoms with Crippen molar-refractivity contribution in [3.8, 4) is 0 Å². The quantitative estimate of drug-likeness (QED) is 0.709. The maximum atomic E-state index is 12.4. The first kappa shape index (κ1) is 15.7. The van der Waals surface area contributed by atoms with Gasteiger partial charge in [0.1, 0.15) is 0 Å². The molecule has 1 aliphatic carbocycles. The number of carbonyl (C=O) groups excluding carboxylic acids is 1. The van der Waals surface area contributed by atoms with Crippen LogP contribution in [0.25, 0.3) is 11.1 Å². The van der Waals surface area contributed by atoms with E-state index < -0.39 is 0 Å². The predicted molar refractivity (Wildman–Crippen MR) is 97.4 cm³/mol. The van der Waals surface area contributed by atoms with Crippen LogP contribution in [0.3, 0.4) is 0 Å².